The summed E-state index contributed by atoms with van der Waals surface area (Å²) in [6, 6.07) is 16.2. The zero-order valence-corrected chi connectivity index (χ0v) is 16.0. The summed E-state index contributed by atoms with van der Waals surface area (Å²) in [5, 5.41) is 3.09. The number of benzene rings is 2. The highest BCUT2D eigenvalue weighted by atomic mass is 79.9. The molecule has 2 aromatic carbocycles. The third kappa shape index (κ3) is 4.91. The summed E-state index contributed by atoms with van der Waals surface area (Å²) < 4.78 is 6.38. The molecular weight excluding hydrogens is 380 g/mol. The van der Waals surface area contributed by atoms with Crippen LogP contribution in [0.15, 0.2) is 53.0 Å². The van der Waals surface area contributed by atoms with Crippen molar-refractivity contribution in [3.8, 4) is 0 Å². The molecule has 4 nitrogen and oxygen atoms in total. The molecule has 132 valence electrons. The number of halogens is 1. The Morgan fingerprint density at radius 3 is 2.60 bits per heavy atom. The fraction of sp³-hybridized carbons (Fsp3) is 0.350. The van der Waals surface area contributed by atoms with E-state index >= 15 is 0 Å². The van der Waals surface area contributed by atoms with Gasteiger partial charge in [-0.2, -0.15) is 0 Å². The number of carbonyl (C=O) groups is 1. The van der Waals surface area contributed by atoms with Crippen molar-refractivity contribution in [2.24, 2.45) is 0 Å². The number of amides is 1. The number of nitrogens with zero attached hydrogens (tertiary/aromatic N) is 1. The molecule has 1 amide bonds. The van der Waals surface area contributed by atoms with Crippen LogP contribution < -0.4 is 5.32 Å². The van der Waals surface area contributed by atoms with E-state index in [-0.39, 0.29) is 11.9 Å². The van der Waals surface area contributed by atoms with Gasteiger partial charge < -0.3 is 10.1 Å². The van der Waals surface area contributed by atoms with Crippen LogP contribution >= 0.6 is 15.9 Å². The first-order chi connectivity index (χ1) is 12.1. The molecule has 0 aromatic heterocycles. The molecule has 1 unspecified atom stereocenters. The van der Waals surface area contributed by atoms with Crippen LogP contribution in [0, 0.1) is 6.92 Å². The summed E-state index contributed by atoms with van der Waals surface area (Å²) in [5.41, 5.74) is 3.13. The van der Waals surface area contributed by atoms with Crippen LogP contribution in [0.25, 0.3) is 0 Å². The molecule has 1 aliphatic heterocycles. The van der Waals surface area contributed by atoms with Crippen molar-refractivity contribution in [3.63, 3.8) is 0 Å². The van der Waals surface area contributed by atoms with Crippen molar-refractivity contribution in [2.45, 2.75) is 13.0 Å². The largest absolute Gasteiger partial charge is 0.379 e. The standard InChI is InChI=1S/C20H23BrN2O2/c1-15-5-7-16(8-6-15)19(23-9-11-25-12-10-23)14-22-20(24)17-3-2-4-18(21)13-17/h2-8,13,19H,9-12,14H2,1H3,(H,22,24). The molecule has 0 radical (unpaired) electrons. The zero-order chi connectivity index (χ0) is 17.6. The fourth-order valence-corrected chi connectivity index (χ4v) is 3.46. The van der Waals surface area contributed by atoms with Crippen LogP contribution in [-0.2, 0) is 4.74 Å². The second-order valence-corrected chi connectivity index (χ2v) is 7.21. The van der Waals surface area contributed by atoms with Gasteiger partial charge in [-0.1, -0.05) is 51.8 Å². The van der Waals surface area contributed by atoms with E-state index in [1.807, 2.05) is 24.3 Å². The van der Waals surface area contributed by atoms with Gasteiger partial charge in [0.05, 0.1) is 19.3 Å². The molecule has 0 bridgehead atoms. The van der Waals surface area contributed by atoms with E-state index in [4.69, 9.17) is 4.74 Å². The third-order valence-electron chi connectivity index (χ3n) is 4.49. The molecule has 1 aliphatic rings. The van der Waals surface area contributed by atoms with Crippen LogP contribution in [0.1, 0.15) is 27.5 Å². The Bertz CT molecular complexity index is 712. The van der Waals surface area contributed by atoms with E-state index in [9.17, 15) is 4.79 Å². The number of rotatable bonds is 5. The minimum Gasteiger partial charge on any atom is -0.379 e. The maximum atomic E-state index is 12.5. The lowest BCUT2D eigenvalue weighted by molar-refractivity contribution is 0.0162. The van der Waals surface area contributed by atoms with E-state index in [1.165, 1.54) is 11.1 Å². The maximum Gasteiger partial charge on any atom is 0.251 e. The zero-order valence-electron chi connectivity index (χ0n) is 14.4. The molecule has 0 spiro atoms. The predicted octanol–water partition coefficient (Wildman–Crippen LogP) is 3.56. The summed E-state index contributed by atoms with van der Waals surface area (Å²) in [5.74, 6) is -0.0494. The Morgan fingerprint density at radius 2 is 1.92 bits per heavy atom. The van der Waals surface area contributed by atoms with Gasteiger partial charge in [0.25, 0.3) is 5.91 Å². The van der Waals surface area contributed by atoms with Gasteiger partial charge in [-0.25, -0.2) is 0 Å². The number of hydrogen-bond donors (Lipinski definition) is 1. The van der Waals surface area contributed by atoms with Gasteiger partial charge in [0.15, 0.2) is 0 Å². The lowest BCUT2D eigenvalue weighted by atomic mass is 10.0. The summed E-state index contributed by atoms with van der Waals surface area (Å²) in [6.45, 7) is 5.90. The van der Waals surface area contributed by atoms with E-state index in [2.05, 4.69) is 57.3 Å². The van der Waals surface area contributed by atoms with Crippen LogP contribution in [-0.4, -0.2) is 43.7 Å². The summed E-state index contributed by atoms with van der Waals surface area (Å²) in [7, 11) is 0. The lowest BCUT2D eigenvalue weighted by Crippen LogP contribution is -2.43. The highest BCUT2D eigenvalue weighted by molar-refractivity contribution is 9.10. The first-order valence-electron chi connectivity index (χ1n) is 8.55. The molecule has 1 N–H and O–H groups in total. The molecule has 1 heterocycles. The highest BCUT2D eigenvalue weighted by Crippen LogP contribution is 2.22. The topological polar surface area (TPSA) is 41.6 Å². The molecule has 0 aliphatic carbocycles. The molecule has 1 atom stereocenters. The van der Waals surface area contributed by atoms with Crippen LogP contribution in [0.3, 0.4) is 0 Å². The lowest BCUT2D eigenvalue weighted by Gasteiger charge is -2.35. The van der Waals surface area contributed by atoms with Gasteiger partial charge in [0.1, 0.15) is 0 Å². The molecule has 25 heavy (non-hydrogen) atoms. The molecule has 0 saturated carbocycles. The SMILES string of the molecule is Cc1ccc(C(CNC(=O)c2cccc(Br)c2)N2CCOCC2)cc1. The normalized spacial score (nSPS) is 16.4. The Kier molecular flexibility index (Phi) is 6.24. The Balaban J connectivity index is 1.73. The van der Waals surface area contributed by atoms with Crippen molar-refractivity contribution < 1.29 is 9.53 Å². The monoisotopic (exact) mass is 402 g/mol. The first-order valence-corrected chi connectivity index (χ1v) is 9.35. The molecular formula is C20H23BrN2O2. The quantitative estimate of drug-likeness (QED) is 0.830. The summed E-state index contributed by atoms with van der Waals surface area (Å²) >= 11 is 3.41. The summed E-state index contributed by atoms with van der Waals surface area (Å²) in [6.07, 6.45) is 0. The average molecular weight is 403 g/mol. The van der Waals surface area contributed by atoms with Gasteiger partial charge in [-0.3, -0.25) is 9.69 Å². The molecule has 5 heteroatoms. The number of nitrogens with one attached hydrogen (secondary N) is 1. The van der Waals surface area contributed by atoms with Crippen molar-refractivity contribution in [2.75, 3.05) is 32.8 Å². The first kappa shape index (κ1) is 18.1. The van der Waals surface area contributed by atoms with Gasteiger partial charge in [-0.15, -0.1) is 0 Å². The number of hydrogen-bond acceptors (Lipinski definition) is 3. The molecule has 2 aromatic rings. The van der Waals surface area contributed by atoms with Crippen molar-refractivity contribution in [1.82, 2.24) is 10.2 Å². The summed E-state index contributed by atoms with van der Waals surface area (Å²) in [4.78, 5) is 14.9. The number of morpholine rings is 1. The van der Waals surface area contributed by atoms with Crippen molar-refractivity contribution >= 4 is 21.8 Å². The van der Waals surface area contributed by atoms with Crippen LogP contribution in [0.5, 0.6) is 0 Å². The number of carbonyl (C=O) groups excluding carboxylic acids is 1. The Hall–Kier alpha value is -1.69. The van der Waals surface area contributed by atoms with Gasteiger partial charge in [-0.05, 0) is 30.7 Å². The highest BCUT2D eigenvalue weighted by Gasteiger charge is 2.23. The van der Waals surface area contributed by atoms with E-state index in [0.717, 1.165) is 30.8 Å². The smallest absolute Gasteiger partial charge is 0.251 e. The van der Waals surface area contributed by atoms with E-state index in [0.29, 0.717) is 12.1 Å². The van der Waals surface area contributed by atoms with Crippen molar-refractivity contribution in [3.05, 3.63) is 69.7 Å². The second kappa shape index (κ2) is 8.61. The van der Waals surface area contributed by atoms with E-state index in [1.54, 1.807) is 0 Å². The van der Waals surface area contributed by atoms with E-state index < -0.39 is 0 Å². The maximum absolute atomic E-state index is 12.5. The molecule has 1 fully saturated rings. The Morgan fingerprint density at radius 1 is 1.20 bits per heavy atom. The Labute approximate surface area is 157 Å². The molecule has 1 saturated heterocycles. The number of aryl methyl sites for hydroxylation is 1. The average Bonchev–Trinajstić information content (AvgIpc) is 2.64. The van der Waals surface area contributed by atoms with Gasteiger partial charge in [0, 0.05) is 29.7 Å². The minimum absolute atomic E-state index is 0.0494. The van der Waals surface area contributed by atoms with Gasteiger partial charge >= 0.3 is 0 Å². The molecule has 3 rings (SSSR count). The second-order valence-electron chi connectivity index (χ2n) is 6.30. The minimum atomic E-state index is -0.0494. The van der Waals surface area contributed by atoms with Crippen molar-refractivity contribution in [1.29, 1.82) is 0 Å². The van der Waals surface area contributed by atoms with Crippen LogP contribution in [0.2, 0.25) is 0 Å². The fourth-order valence-electron chi connectivity index (χ4n) is 3.06. The van der Waals surface area contributed by atoms with Gasteiger partial charge in [0.2, 0.25) is 0 Å². The predicted molar refractivity (Wildman–Crippen MR) is 103 cm³/mol. The van der Waals surface area contributed by atoms with Crippen LogP contribution in [0.4, 0.5) is 0 Å². The number of ether oxygens (including phenoxy) is 1. The third-order valence-corrected chi connectivity index (χ3v) is 4.98.